The van der Waals surface area contributed by atoms with Gasteiger partial charge < -0.3 is 10.2 Å². The molecule has 2 N–H and O–H groups in total. The van der Waals surface area contributed by atoms with Gasteiger partial charge in [0.2, 0.25) is 5.91 Å². The number of nitrogens with zero attached hydrogens (tertiary/aromatic N) is 1. The smallest absolute Gasteiger partial charge is 0.246 e. The summed E-state index contributed by atoms with van der Waals surface area (Å²) in [6, 6.07) is 24.3. The Balaban J connectivity index is 1.83. The van der Waals surface area contributed by atoms with Crippen LogP contribution in [0.25, 0.3) is 5.70 Å². The van der Waals surface area contributed by atoms with Crippen molar-refractivity contribution < 1.29 is 4.79 Å². The topological polar surface area (TPSA) is 56.2 Å². The minimum atomic E-state index is -0.105. The quantitative estimate of drug-likeness (QED) is 0.445. The molecule has 0 unspecified atom stereocenters. The van der Waals surface area contributed by atoms with Gasteiger partial charge in [-0.15, -0.1) is 0 Å². The van der Waals surface area contributed by atoms with E-state index in [0.717, 1.165) is 11.1 Å². The van der Waals surface area contributed by atoms with E-state index in [4.69, 9.17) is 17.0 Å². The average Bonchev–Trinajstić information content (AvgIpc) is 2.78. The van der Waals surface area contributed by atoms with Crippen molar-refractivity contribution in [1.29, 1.82) is 5.41 Å². The number of halogens is 1. The summed E-state index contributed by atoms with van der Waals surface area (Å²) in [6.07, 6.45) is 0. The van der Waals surface area contributed by atoms with E-state index in [1.807, 2.05) is 80.6 Å². The van der Waals surface area contributed by atoms with Crippen LogP contribution in [0, 0.1) is 5.41 Å². The Morgan fingerprint density at radius 3 is 2.32 bits per heavy atom. The number of para-hydroxylation sites is 1. The summed E-state index contributed by atoms with van der Waals surface area (Å²) in [5.41, 5.74) is 4.08. The Morgan fingerprint density at radius 2 is 1.65 bits per heavy atom. The van der Waals surface area contributed by atoms with Crippen LogP contribution in [0.15, 0.2) is 85.4 Å². The monoisotopic (exact) mass is 431 g/mol. The first-order chi connectivity index (χ1) is 14.9. The summed E-state index contributed by atoms with van der Waals surface area (Å²) in [5, 5.41) is 12.4. The molecule has 0 fully saturated rings. The second-order valence-electron chi connectivity index (χ2n) is 7.46. The Morgan fingerprint density at radius 1 is 1.00 bits per heavy atom. The molecular formula is C26H26ClN3O. The van der Waals surface area contributed by atoms with Gasteiger partial charge in [0.05, 0.1) is 17.9 Å². The van der Waals surface area contributed by atoms with Crippen LogP contribution in [0.4, 0.5) is 5.69 Å². The highest BCUT2D eigenvalue weighted by atomic mass is 35.5. The van der Waals surface area contributed by atoms with Crippen molar-refractivity contribution in [2.45, 2.75) is 19.9 Å². The molecule has 3 rings (SSSR count). The molecule has 3 aromatic carbocycles. The minimum absolute atomic E-state index is 0.0799. The molecule has 31 heavy (non-hydrogen) atoms. The summed E-state index contributed by atoms with van der Waals surface area (Å²) in [4.78, 5) is 15.0. The highest BCUT2D eigenvalue weighted by Crippen LogP contribution is 2.25. The van der Waals surface area contributed by atoms with Crippen molar-refractivity contribution in [1.82, 2.24) is 5.32 Å². The average molecular weight is 432 g/mol. The van der Waals surface area contributed by atoms with Gasteiger partial charge in [0, 0.05) is 27.9 Å². The number of nitrogens with one attached hydrogen (secondary N) is 2. The van der Waals surface area contributed by atoms with Crippen molar-refractivity contribution in [2.75, 3.05) is 11.4 Å². The molecule has 0 aliphatic carbocycles. The van der Waals surface area contributed by atoms with Gasteiger partial charge in [-0.2, -0.15) is 0 Å². The van der Waals surface area contributed by atoms with Crippen LogP contribution in [0.5, 0.6) is 0 Å². The van der Waals surface area contributed by atoms with Crippen molar-refractivity contribution in [3.8, 4) is 0 Å². The third kappa shape index (κ3) is 5.41. The number of benzene rings is 3. The van der Waals surface area contributed by atoms with Crippen LogP contribution in [0.2, 0.25) is 5.02 Å². The highest BCUT2D eigenvalue weighted by Gasteiger charge is 2.23. The predicted octanol–water partition coefficient (Wildman–Crippen LogP) is 5.76. The first-order valence-corrected chi connectivity index (χ1v) is 10.5. The molecule has 0 spiro atoms. The summed E-state index contributed by atoms with van der Waals surface area (Å²) in [5.74, 6) is -0.105. The van der Waals surface area contributed by atoms with Gasteiger partial charge in [0.1, 0.15) is 0 Å². The molecule has 5 heteroatoms. The fourth-order valence-electron chi connectivity index (χ4n) is 3.40. The Hall–Kier alpha value is -3.37. The molecule has 158 valence electrons. The molecule has 3 aromatic rings. The number of anilines is 1. The van der Waals surface area contributed by atoms with Gasteiger partial charge in [-0.3, -0.25) is 10.2 Å². The highest BCUT2D eigenvalue weighted by molar-refractivity contribution is 6.30. The van der Waals surface area contributed by atoms with Crippen LogP contribution in [0.3, 0.4) is 0 Å². The van der Waals surface area contributed by atoms with Crippen LogP contribution >= 0.6 is 11.6 Å². The third-order valence-corrected chi connectivity index (χ3v) is 5.14. The van der Waals surface area contributed by atoms with Gasteiger partial charge in [-0.1, -0.05) is 78.8 Å². The lowest BCUT2D eigenvalue weighted by atomic mass is 9.99. The molecule has 4 nitrogen and oxygen atoms in total. The van der Waals surface area contributed by atoms with E-state index in [0.29, 0.717) is 27.7 Å². The second kappa shape index (κ2) is 10.1. The molecule has 0 radical (unpaired) electrons. The van der Waals surface area contributed by atoms with Gasteiger partial charge in [0.15, 0.2) is 0 Å². The molecule has 0 saturated heterocycles. The molecule has 0 heterocycles. The number of rotatable bonds is 8. The number of carbonyl (C=O) groups excluding carboxylic acids is 1. The van der Waals surface area contributed by atoms with E-state index in [-0.39, 0.29) is 18.5 Å². The number of hydrogen-bond acceptors (Lipinski definition) is 3. The summed E-state index contributed by atoms with van der Waals surface area (Å²) >= 11 is 6.06. The van der Waals surface area contributed by atoms with Gasteiger partial charge in [-0.05, 0) is 37.6 Å². The lowest BCUT2D eigenvalue weighted by molar-refractivity contribution is -0.117. The van der Waals surface area contributed by atoms with Crippen LogP contribution in [-0.4, -0.2) is 24.2 Å². The van der Waals surface area contributed by atoms with E-state index >= 15 is 0 Å². The molecule has 0 aliphatic rings. The van der Waals surface area contributed by atoms with E-state index in [1.54, 1.807) is 17.0 Å². The molecule has 0 aromatic heterocycles. The normalized spacial score (nSPS) is 10.6. The summed E-state index contributed by atoms with van der Waals surface area (Å²) in [6.45, 7) is 8.04. The molecule has 1 amide bonds. The van der Waals surface area contributed by atoms with Gasteiger partial charge in [-0.25, -0.2) is 0 Å². The standard InChI is InChI=1S/C26H26ClN3O/c1-18(2)30(25(31)17-29-19(3)21-12-9-13-22(27)16-21)24-15-8-7-14-23(24)26(28)20-10-5-4-6-11-20/h4-16,18,28-29H,3,17H2,1-2H3. The zero-order valence-electron chi connectivity index (χ0n) is 17.7. The van der Waals surface area contributed by atoms with Crippen molar-refractivity contribution >= 4 is 34.6 Å². The lowest BCUT2D eigenvalue weighted by Crippen LogP contribution is -2.42. The van der Waals surface area contributed by atoms with E-state index in [2.05, 4.69) is 11.9 Å². The number of amides is 1. The Bertz CT molecular complexity index is 1090. The van der Waals surface area contributed by atoms with Crippen molar-refractivity contribution in [2.24, 2.45) is 0 Å². The molecule has 0 atom stereocenters. The summed E-state index contributed by atoms with van der Waals surface area (Å²) < 4.78 is 0. The zero-order chi connectivity index (χ0) is 22.4. The third-order valence-electron chi connectivity index (χ3n) is 4.91. The maximum absolute atomic E-state index is 13.2. The van der Waals surface area contributed by atoms with Crippen LogP contribution in [0.1, 0.15) is 30.5 Å². The van der Waals surface area contributed by atoms with Crippen LogP contribution < -0.4 is 10.2 Å². The van der Waals surface area contributed by atoms with Gasteiger partial charge in [0.25, 0.3) is 0 Å². The fraction of sp³-hybridized carbons (Fsp3) is 0.154. The van der Waals surface area contributed by atoms with Crippen molar-refractivity contribution in [3.63, 3.8) is 0 Å². The maximum Gasteiger partial charge on any atom is 0.246 e. The first kappa shape index (κ1) is 22.3. The zero-order valence-corrected chi connectivity index (χ0v) is 18.5. The maximum atomic E-state index is 13.2. The molecule has 0 aliphatic heterocycles. The predicted molar refractivity (Wildman–Crippen MR) is 130 cm³/mol. The fourth-order valence-corrected chi connectivity index (χ4v) is 3.59. The lowest BCUT2D eigenvalue weighted by Gasteiger charge is -2.29. The molecular weight excluding hydrogens is 406 g/mol. The van der Waals surface area contributed by atoms with E-state index in [1.165, 1.54) is 0 Å². The Kier molecular flexibility index (Phi) is 7.27. The SMILES string of the molecule is C=C(NCC(=O)N(c1ccccc1C(=N)c1ccccc1)C(C)C)c1cccc(Cl)c1. The first-order valence-electron chi connectivity index (χ1n) is 10.1. The minimum Gasteiger partial charge on any atom is -0.376 e. The molecule has 0 saturated carbocycles. The van der Waals surface area contributed by atoms with E-state index in [9.17, 15) is 4.79 Å². The summed E-state index contributed by atoms with van der Waals surface area (Å²) in [7, 11) is 0. The molecule has 0 bridgehead atoms. The number of carbonyl (C=O) groups is 1. The van der Waals surface area contributed by atoms with E-state index < -0.39 is 0 Å². The van der Waals surface area contributed by atoms with Crippen molar-refractivity contribution in [3.05, 3.63) is 107 Å². The second-order valence-corrected chi connectivity index (χ2v) is 7.89. The largest absolute Gasteiger partial charge is 0.376 e. The Labute approximate surface area is 188 Å². The van der Waals surface area contributed by atoms with Crippen LogP contribution in [-0.2, 0) is 4.79 Å². The number of hydrogen-bond donors (Lipinski definition) is 2. The van der Waals surface area contributed by atoms with Gasteiger partial charge >= 0.3 is 0 Å².